The van der Waals surface area contributed by atoms with E-state index in [1.165, 1.54) is 16.8 Å². The number of benzene rings is 2. The Morgan fingerprint density at radius 2 is 1.59 bits per heavy atom. The summed E-state index contributed by atoms with van der Waals surface area (Å²) in [5.74, 6) is -1.06. The topological polar surface area (TPSA) is 96.7 Å². The highest BCUT2D eigenvalue weighted by molar-refractivity contribution is 6.29. The Morgan fingerprint density at radius 3 is 2.18 bits per heavy atom. The van der Waals surface area contributed by atoms with Crippen LogP contribution in [-0.2, 0) is 14.2 Å². The van der Waals surface area contributed by atoms with Gasteiger partial charge in [-0.05, 0) is 44.2 Å². The molecule has 3 aromatic rings. The molecule has 0 spiro atoms. The van der Waals surface area contributed by atoms with Crippen LogP contribution in [0, 0.1) is 13.8 Å². The Labute approximate surface area is 201 Å². The number of rotatable bonds is 6. The zero-order valence-corrected chi connectivity index (χ0v) is 19.4. The summed E-state index contributed by atoms with van der Waals surface area (Å²) in [5, 5.41) is 0.0603. The lowest BCUT2D eigenvalue weighted by Gasteiger charge is -2.19. The molecule has 0 aliphatic carbocycles. The minimum absolute atomic E-state index is 0.0603. The van der Waals surface area contributed by atoms with Gasteiger partial charge in [0, 0.05) is 12.6 Å². The summed E-state index contributed by atoms with van der Waals surface area (Å²) in [5.41, 5.74) is 2.21. The second-order valence-corrected chi connectivity index (χ2v) is 8.47. The summed E-state index contributed by atoms with van der Waals surface area (Å²) in [6.45, 7) is 3.67. The summed E-state index contributed by atoms with van der Waals surface area (Å²) >= 11 is 5.79. The van der Waals surface area contributed by atoms with Gasteiger partial charge in [0.05, 0.1) is 11.1 Å². The maximum Gasteiger partial charge on any atom is 0.351 e. The third-order valence-corrected chi connectivity index (χ3v) is 5.71. The maximum atomic E-state index is 12.7. The molecule has 1 fully saturated rings. The van der Waals surface area contributed by atoms with Crippen molar-refractivity contribution in [1.29, 1.82) is 0 Å². The van der Waals surface area contributed by atoms with Gasteiger partial charge in [-0.25, -0.2) is 14.4 Å². The SMILES string of the molecule is Cc1ccc(C(=O)OC[C@@H]2OC(n3ccc(Cl)nc3=O)C[C@H]2OC(=O)c2ccc(C)cc2)cc1. The number of esters is 2. The van der Waals surface area contributed by atoms with E-state index in [0.717, 1.165) is 11.1 Å². The third-order valence-electron chi connectivity index (χ3n) is 5.50. The van der Waals surface area contributed by atoms with Crippen molar-refractivity contribution >= 4 is 23.5 Å². The fourth-order valence-corrected chi connectivity index (χ4v) is 3.71. The van der Waals surface area contributed by atoms with Crippen molar-refractivity contribution in [2.24, 2.45) is 0 Å². The highest BCUT2D eigenvalue weighted by Crippen LogP contribution is 2.31. The fraction of sp³-hybridized carbons (Fsp3) is 0.280. The van der Waals surface area contributed by atoms with Crippen LogP contribution in [-0.4, -0.2) is 40.3 Å². The number of hydrogen-bond donors (Lipinski definition) is 0. The first kappa shape index (κ1) is 23.7. The van der Waals surface area contributed by atoms with Crippen LogP contribution in [0.1, 0.15) is 44.5 Å². The van der Waals surface area contributed by atoms with Gasteiger partial charge in [0.25, 0.3) is 0 Å². The van der Waals surface area contributed by atoms with Crippen LogP contribution in [0.5, 0.6) is 0 Å². The van der Waals surface area contributed by atoms with E-state index < -0.39 is 36.1 Å². The highest BCUT2D eigenvalue weighted by Gasteiger charge is 2.40. The molecule has 1 aliphatic heterocycles. The molecule has 2 heterocycles. The zero-order valence-electron chi connectivity index (χ0n) is 18.6. The molecule has 8 nitrogen and oxygen atoms in total. The number of ether oxygens (including phenoxy) is 3. The fourth-order valence-electron chi connectivity index (χ4n) is 3.58. The summed E-state index contributed by atoms with van der Waals surface area (Å²) in [6, 6.07) is 15.4. The molecule has 3 atom stereocenters. The van der Waals surface area contributed by atoms with Crippen LogP contribution >= 0.6 is 11.6 Å². The normalized spacial score (nSPS) is 19.6. The first-order valence-corrected chi connectivity index (χ1v) is 11.1. The Hall–Kier alpha value is -3.49. The molecule has 1 aliphatic rings. The molecule has 4 rings (SSSR count). The Kier molecular flexibility index (Phi) is 7.09. The Morgan fingerprint density at radius 1 is 1.00 bits per heavy atom. The van der Waals surface area contributed by atoms with Crippen LogP contribution < -0.4 is 5.69 Å². The molecular weight excluding hydrogens is 460 g/mol. The van der Waals surface area contributed by atoms with Crippen molar-refractivity contribution in [3.63, 3.8) is 0 Å². The molecule has 9 heteroatoms. The number of halogens is 1. The van der Waals surface area contributed by atoms with Crippen molar-refractivity contribution < 1.29 is 23.8 Å². The van der Waals surface area contributed by atoms with Gasteiger partial charge >= 0.3 is 17.6 Å². The zero-order chi connectivity index (χ0) is 24.2. The van der Waals surface area contributed by atoms with E-state index in [0.29, 0.717) is 11.1 Å². The van der Waals surface area contributed by atoms with Gasteiger partial charge in [-0.3, -0.25) is 4.57 Å². The van der Waals surface area contributed by atoms with E-state index in [4.69, 9.17) is 25.8 Å². The molecule has 0 radical (unpaired) electrons. The third kappa shape index (κ3) is 5.52. The van der Waals surface area contributed by atoms with Crippen LogP contribution in [0.25, 0.3) is 0 Å². The number of carbonyl (C=O) groups excluding carboxylic acids is 2. The lowest BCUT2D eigenvalue weighted by Crippen LogP contribution is -2.32. The molecule has 0 saturated carbocycles. The van der Waals surface area contributed by atoms with Crippen molar-refractivity contribution in [2.45, 2.75) is 38.7 Å². The van der Waals surface area contributed by atoms with E-state index in [9.17, 15) is 14.4 Å². The predicted molar refractivity (Wildman–Crippen MR) is 124 cm³/mol. The van der Waals surface area contributed by atoms with Crippen LogP contribution in [0.4, 0.5) is 0 Å². The smallest absolute Gasteiger partial charge is 0.351 e. The van der Waals surface area contributed by atoms with Gasteiger partial charge in [0.15, 0.2) is 0 Å². The molecule has 0 amide bonds. The number of nitrogens with zero attached hydrogens (tertiary/aromatic N) is 2. The number of aromatic nitrogens is 2. The van der Waals surface area contributed by atoms with Gasteiger partial charge < -0.3 is 14.2 Å². The molecule has 1 saturated heterocycles. The molecule has 1 unspecified atom stereocenters. The molecule has 0 N–H and O–H groups in total. The highest BCUT2D eigenvalue weighted by atomic mass is 35.5. The molecule has 34 heavy (non-hydrogen) atoms. The molecule has 2 aromatic carbocycles. The maximum absolute atomic E-state index is 12.7. The van der Waals surface area contributed by atoms with Crippen molar-refractivity contribution in [2.75, 3.05) is 6.61 Å². The predicted octanol–water partition coefficient (Wildman–Crippen LogP) is 3.88. The largest absolute Gasteiger partial charge is 0.459 e. The Balaban J connectivity index is 1.50. The number of hydrogen-bond acceptors (Lipinski definition) is 7. The second kappa shape index (κ2) is 10.2. The molecule has 176 valence electrons. The lowest BCUT2D eigenvalue weighted by molar-refractivity contribution is -0.0582. The molecule has 1 aromatic heterocycles. The van der Waals surface area contributed by atoms with E-state index in [2.05, 4.69) is 4.98 Å². The minimum atomic E-state index is -0.781. The van der Waals surface area contributed by atoms with Crippen LogP contribution in [0.2, 0.25) is 5.15 Å². The number of aryl methyl sites for hydroxylation is 2. The van der Waals surface area contributed by atoms with Crippen molar-refractivity contribution in [3.05, 3.63) is 98.7 Å². The van der Waals surface area contributed by atoms with Gasteiger partial charge in [-0.2, -0.15) is 4.98 Å². The van der Waals surface area contributed by atoms with Gasteiger partial charge in [-0.1, -0.05) is 47.0 Å². The van der Waals surface area contributed by atoms with E-state index in [1.54, 1.807) is 24.3 Å². The molecule has 0 bridgehead atoms. The average molecular weight is 483 g/mol. The Bertz CT molecular complexity index is 1240. The average Bonchev–Trinajstić information content (AvgIpc) is 3.20. The van der Waals surface area contributed by atoms with E-state index in [1.807, 2.05) is 38.1 Å². The van der Waals surface area contributed by atoms with E-state index >= 15 is 0 Å². The van der Waals surface area contributed by atoms with Gasteiger partial charge in [0.2, 0.25) is 0 Å². The second-order valence-electron chi connectivity index (χ2n) is 8.08. The van der Waals surface area contributed by atoms with Gasteiger partial charge in [0.1, 0.15) is 30.2 Å². The first-order chi connectivity index (χ1) is 16.3. The summed E-state index contributed by atoms with van der Waals surface area (Å²) < 4.78 is 18.4. The monoisotopic (exact) mass is 482 g/mol. The quantitative estimate of drug-likeness (QED) is 0.388. The molecular formula is C25H23ClN2O6. The minimum Gasteiger partial charge on any atom is -0.459 e. The lowest BCUT2D eigenvalue weighted by atomic mass is 10.1. The van der Waals surface area contributed by atoms with Crippen molar-refractivity contribution in [3.8, 4) is 0 Å². The summed E-state index contributed by atoms with van der Waals surface area (Å²) in [7, 11) is 0. The summed E-state index contributed by atoms with van der Waals surface area (Å²) in [6.07, 6.45) is -0.671. The van der Waals surface area contributed by atoms with Crippen molar-refractivity contribution in [1.82, 2.24) is 9.55 Å². The first-order valence-electron chi connectivity index (χ1n) is 10.7. The standard InChI is InChI=1S/C25H23ClN2O6/c1-15-3-7-17(8-4-15)23(29)32-14-20-19(34-24(30)18-9-5-16(2)6-10-18)13-22(33-20)28-12-11-21(26)27-25(28)31/h3-12,19-20,22H,13-14H2,1-2H3/t19-,20+,22?/m1/s1. The van der Waals surface area contributed by atoms with E-state index in [-0.39, 0.29) is 18.2 Å². The van der Waals surface area contributed by atoms with Gasteiger partial charge in [-0.15, -0.1) is 0 Å². The summed E-state index contributed by atoms with van der Waals surface area (Å²) in [4.78, 5) is 41.2. The number of carbonyl (C=O) groups is 2. The van der Waals surface area contributed by atoms with Crippen LogP contribution in [0.15, 0.2) is 65.6 Å². The van der Waals surface area contributed by atoms with Crippen LogP contribution in [0.3, 0.4) is 0 Å².